The molecule has 0 saturated heterocycles. The van der Waals surface area contributed by atoms with Gasteiger partial charge in [-0.15, -0.1) is 0 Å². The molecule has 0 aromatic heterocycles. The van der Waals surface area contributed by atoms with Gasteiger partial charge in [0.2, 0.25) is 0 Å². The largest absolute Gasteiger partial charge is 0.370 e. The molecule has 0 amide bonds. The number of nitrogens with two attached hydrogens (primary N) is 1. The Kier molecular flexibility index (Phi) is 4.62. The number of hydrogen-bond acceptors (Lipinski definition) is 3. The first kappa shape index (κ1) is 12.9. The van der Waals surface area contributed by atoms with Crippen LogP contribution in [0.4, 0.5) is 0 Å². The van der Waals surface area contributed by atoms with Crippen molar-refractivity contribution >= 4 is 5.96 Å². The normalized spacial score (nSPS) is 19.1. The van der Waals surface area contributed by atoms with Crippen molar-refractivity contribution in [2.45, 2.75) is 38.6 Å². The molecule has 0 radical (unpaired) electrons. The Morgan fingerprint density at radius 1 is 1.33 bits per heavy atom. The minimum absolute atomic E-state index is 0.522. The van der Waals surface area contributed by atoms with Gasteiger partial charge in [-0.25, -0.2) is 0 Å². The van der Waals surface area contributed by atoms with Crippen molar-refractivity contribution < 1.29 is 0 Å². The molecule has 2 rings (SSSR count). The number of nitrogens with zero attached hydrogens (tertiary/aromatic N) is 2. The summed E-state index contributed by atoms with van der Waals surface area (Å²) < 4.78 is 0. The van der Waals surface area contributed by atoms with Crippen LogP contribution in [-0.4, -0.2) is 30.0 Å². The number of guanidine groups is 1. The molecular formula is C15H23N3. The second-order valence-electron chi connectivity index (χ2n) is 4.92. The highest BCUT2D eigenvalue weighted by Crippen LogP contribution is 2.15. The van der Waals surface area contributed by atoms with E-state index in [0.717, 1.165) is 25.5 Å². The summed E-state index contributed by atoms with van der Waals surface area (Å²) in [6.45, 7) is 4.09. The number of rotatable bonds is 6. The fourth-order valence-electron chi connectivity index (χ4n) is 2.45. The SMILES string of the molecule is CCCC[C@H]1CN=C(N)N1CCc1ccccc1. The van der Waals surface area contributed by atoms with E-state index in [1.807, 2.05) is 0 Å². The summed E-state index contributed by atoms with van der Waals surface area (Å²) in [5.41, 5.74) is 7.35. The minimum atomic E-state index is 0.522. The third-order valence-electron chi connectivity index (χ3n) is 3.57. The highest BCUT2D eigenvalue weighted by Gasteiger charge is 2.24. The van der Waals surface area contributed by atoms with Gasteiger partial charge in [-0.2, -0.15) is 0 Å². The quantitative estimate of drug-likeness (QED) is 0.836. The summed E-state index contributed by atoms with van der Waals surface area (Å²) in [7, 11) is 0. The zero-order valence-corrected chi connectivity index (χ0v) is 11.2. The van der Waals surface area contributed by atoms with Crippen LogP contribution in [0, 0.1) is 0 Å². The van der Waals surface area contributed by atoms with Crippen molar-refractivity contribution in [1.82, 2.24) is 4.90 Å². The Balaban J connectivity index is 1.87. The fraction of sp³-hybridized carbons (Fsp3) is 0.533. The van der Waals surface area contributed by atoms with Crippen molar-refractivity contribution in [2.24, 2.45) is 10.7 Å². The summed E-state index contributed by atoms with van der Waals surface area (Å²) in [5.74, 6) is 0.729. The predicted octanol–water partition coefficient (Wildman–Crippen LogP) is 2.42. The molecule has 1 aliphatic heterocycles. The standard InChI is InChI=1S/C15H23N3/c1-2-3-9-14-12-17-15(16)18(14)11-10-13-7-5-4-6-8-13/h4-8,14H,2-3,9-12H2,1H3,(H2,16,17)/t14-/m0/s1. The van der Waals surface area contributed by atoms with Crippen LogP contribution in [0.25, 0.3) is 0 Å². The fourth-order valence-corrected chi connectivity index (χ4v) is 2.45. The lowest BCUT2D eigenvalue weighted by Crippen LogP contribution is -2.41. The molecule has 0 unspecified atom stereocenters. The molecule has 98 valence electrons. The molecule has 0 spiro atoms. The second-order valence-corrected chi connectivity index (χ2v) is 4.92. The summed E-state index contributed by atoms with van der Waals surface area (Å²) in [6, 6.07) is 11.1. The topological polar surface area (TPSA) is 41.6 Å². The summed E-state index contributed by atoms with van der Waals surface area (Å²) in [6.07, 6.45) is 4.74. The molecule has 2 N–H and O–H groups in total. The minimum Gasteiger partial charge on any atom is -0.370 e. The molecule has 18 heavy (non-hydrogen) atoms. The van der Waals surface area contributed by atoms with Crippen molar-refractivity contribution in [3.05, 3.63) is 35.9 Å². The van der Waals surface area contributed by atoms with Gasteiger partial charge in [-0.3, -0.25) is 4.99 Å². The summed E-state index contributed by atoms with van der Waals surface area (Å²) >= 11 is 0. The van der Waals surface area contributed by atoms with E-state index in [9.17, 15) is 0 Å². The smallest absolute Gasteiger partial charge is 0.191 e. The number of aliphatic imine (C=N–C) groups is 1. The highest BCUT2D eigenvalue weighted by molar-refractivity contribution is 5.80. The zero-order chi connectivity index (χ0) is 12.8. The van der Waals surface area contributed by atoms with Gasteiger partial charge in [0.25, 0.3) is 0 Å². The van der Waals surface area contributed by atoms with Gasteiger partial charge in [0, 0.05) is 6.54 Å². The molecule has 0 bridgehead atoms. The maximum Gasteiger partial charge on any atom is 0.191 e. The third kappa shape index (κ3) is 3.25. The Morgan fingerprint density at radius 2 is 2.11 bits per heavy atom. The maximum atomic E-state index is 5.98. The van der Waals surface area contributed by atoms with E-state index in [2.05, 4.69) is 47.1 Å². The molecular weight excluding hydrogens is 222 g/mol. The highest BCUT2D eigenvalue weighted by atomic mass is 15.3. The first-order chi connectivity index (χ1) is 8.81. The van der Waals surface area contributed by atoms with E-state index in [-0.39, 0.29) is 0 Å². The van der Waals surface area contributed by atoms with Crippen LogP contribution in [0.1, 0.15) is 31.7 Å². The maximum absolute atomic E-state index is 5.98. The molecule has 1 heterocycles. The Morgan fingerprint density at radius 3 is 2.83 bits per heavy atom. The van der Waals surface area contributed by atoms with Crippen molar-refractivity contribution in [2.75, 3.05) is 13.1 Å². The molecule has 1 aromatic carbocycles. The Labute approximate surface area is 110 Å². The van der Waals surface area contributed by atoms with Crippen LogP contribution in [-0.2, 0) is 6.42 Å². The lowest BCUT2D eigenvalue weighted by atomic mass is 10.1. The van der Waals surface area contributed by atoms with Crippen molar-refractivity contribution in [1.29, 1.82) is 0 Å². The van der Waals surface area contributed by atoms with Crippen LogP contribution in [0.15, 0.2) is 35.3 Å². The molecule has 1 aromatic rings. The average Bonchev–Trinajstić information content (AvgIpc) is 2.76. The van der Waals surface area contributed by atoms with E-state index in [4.69, 9.17) is 5.73 Å². The average molecular weight is 245 g/mol. The predicted molar refractivity (Wildman–Crippen MR) is 76.7 cm³/mol. The molecule has 0 fully saturated rings. The van der Waals surface area contributed by atoms with E-state index < -0.39 is 0 Å². The first-order valence-electron chi connectivity index (χ1n) is 6.91. The van der Waals surface area contributed by atoms with Crippen LogP contribution in [0.2, 0.25) is 0 Å². The molecule has 1 aliphatic rings. The van der Waals surface area contributed by atoms with Gasteiger partial charge >= 0.3 is 0 Å². The van der Waals surface area contributed by atoms with Gasteiger partial charge < -0.3 is 10.6 Å². The number of benzene rings is 1. The van der Waals surface area contributed by atoms with E-state index in [1.54, 1.807) is 0 Å². The number of unbranched alkanes of at least 4 members (excludes halogenated alkanes) is 1. The molecule has 0 aliphatic carbocycles. The van der Waals surface area contributed by atoms with Gasteiger partial charge in [0.15, 0.2) is 5.96 Å². The Bertz CT molecular complexity index is 386. The lowest BCUT2D eigenvalue weighted by Gasteiger charge is -2.26. The second kappa shape index (κ2) is 6.43. The van der Waals surface area contributed by atoms with E-state index in [1.165, 1.54) is 24.8 Å². The summed E-state index contributed by atoms with van der Waals surface area (Å²) in [4.78, 5) is 6.66. The van der Waals surface area contributed by atoms with E-state index >= 15 is 0 Å². The Hall–Kier alpha value is -1.51. The van der Waals surface area contributed by atoms with Crippen LogP contribution < -0.4 is 5.73 Å². The number of hydrogen-bond donors (Lipinski definition) is 1. The monoisotopic (exact) mass is 245 g/mol. The molecule has 0 saturated carbocycles. The molecule has 1 atom stereocenters. The first-order valence-corrected chi connectivity index (χ1v) is 6.91. The third-order valence-corrected chi connectivity index (χ3v) is 3.57. The van der Waals surface area contributed by atoms with Gasteiger partial charge in [0.05, 0.1) is 12.6 Å². The molecule has 3 heteroatoms. The lowest BCUT2D eigenvalue weighted by molar-refractivity contribution is 0.320. The van der Waals surface area contributed by atoms with Crippen LogP contribution in [0.3, 0.4) is 0 Å². The zero-order valence-electron chi connectivity index (χ0n) is 11.2. The van der Waals surface area contributed by atoms with Gasteiger partial charge in [-0.1, -0.05) is 50.1 Å². The van der Waals surface area contributed by atoms with Gasteiger partial charge in [0.1, 0.15) is 0 Å². The summed E-state index contributed by atoms with van der Waals surface area (Å²) in [5, 5.41) is 0. The van der Waals surface area contributed by atoms with Crippen LogP contribution >= 0.6 is 0 Å². The van der Waals surface area contributed by atoms with Crippen molar-refractivity contribution in [3.63, 3.8) is 0 Å². The van der Waals surface area contributed by atoms with E-state index in [0.29, 0.717) is 6.04 Å². The molecule has 3 nitrogen and oxygen atoms in total. The van der Waals surface area contributed by atoms with Gasteiger partial charge in [-0.05, 0) is 18.4 Å². The van der Waals surface area contributed by atoms with Crippen molar-refractivity contribution in [3.8, 4) is 0 Å². The van der Waals surface area contributed by atoms with Crippen LogP contribution in [0.5, 0.6) is 0 Å².